The summed E-state index contributed by atoms with van der Waals surface area (Å²) >= 11 is 4.58. The molecule has 4 N–H and O–H groups in total. The van der Waals surface area contributed by atoms with Gasteiger partial charge in [0.25, 0.3) is 10.0 Å². The van der Waals surface area contributed by atoms with E-state index >= 15 is 0 Å². The lowest BCUT2D eigenvalue weighted by atomic mass is 9.91. The molecule has 350 valence electrons. The van der Waals surface area contributed by atoms with Crippen LogP contribution >= 0.6 is 12.6 Å². The van der Waals surface area contributed by atoms with Crippen LogP contribution in [0.1, 0.15) is 10.4 Å². The lowest BCUT2D eigenvalue weighted by Crippen LogP contribution is -2.36. The minimum atomic E-state index is -4.74. The van der Waals surface area contributed by atoms with Crippen LogP contribution in [0.5, 0.6) is 11.5 Å². The molecule has 6 rings (SSSR count). The Morgan fingerprint density at radius 3 is 1.87 bits per heavy atom. The molecule has 0 radical (unpaired) electrons. The van der Waals surface area contributed by atoms with E-state index in [1.807, 2.05) is 0 Å². The number of sulfonamides is 1. The third-order valence-corrected chi connectivity index (χ3v) is 12.1. The summed E-state index contributed by atoms with van der Waals surface area (Å²) in [6.45, 7) is -1.90. The van der Waals surface area contributed by atoms with Gasteiger partial charge in [-0.05, 0) is 54.1 Å². The number of aldehydes is 1. The molecule has 0 bridgehead atoms. The summed E-state index contributed by atoms with van der Waals surface area (Å²) in [7, 11) is 0.0123. The van der Waals surface area contributed by atoms with Gasteiger partial charge in [0, 0.05) is 33.8 Å². The Balaban J connectivity index is 1.40. The Morgan fingerprint density at radius 2 is 1.27 bits per heavy atom. The van der Waals surface area contributed by atoms with Crippen molar-refractivity contribution in [1.82, 2.24) is 0 Å². The number of carbonyl (C=O) groups is 5. The number of ether oxygens (including phenoxy) is 6. The summed E-state index contributed by atoms with van der Waals surface area (Å²) in [4.78, 5) is 64.3. The number of hydrogen-bond acceptors (Lipinski definition) is 19. The number of hydrogen-bond donors (Lipinski definition) is 4. The Bertz CT molecular complexity index is 2960. The van der Waals surface area contributed by atoms with Crippen LogP contribution in [-0.2, 0) is 48.1 Å². The first-order valence-electron chi connectivity index (χ1n) is 20.0. The van der Waals surface area contributed by atoms with Crippen molar-refractivity contribution >= 4 is 86.5 Å². The minimum Gasteiger partial charge on any atom is -0.488 e. The van der Waals surface area contributed by atoms with Crippen LogP contribution in [0, 0.1) is 5.41 Å². The SMILES string of the molecule is COC(=O)CN(CC(=O)OC)c1ccccc1OCCOc1cc(NS(=O)(=O)c2c3oc4c(S)c(N)ccc4c(-c4ccccc4C=O)c-3ccc2=N)ccc1N(CC(=O)OC)CC(=O)OC. The molecule has 0 saturated heterocycles. The second kappa shape index (κ2) is 21.5. The fourth-order valence-corrected chi connectivity index (χ4v) is 8.55. The van der Waals surface area contributed by atoms with Crippen LogP contribution in [0.25, 0.3) is 33.4 Å². The van der Waals surface area contributed by atoms with Gasteiger partial charge in [-0.3, -0.25) is 34.1 Å². The summed E-state index contributed by atoms with van der Waals surface area (Å²) < 4.78 is 69.7. The maximum Gasteiger partial charge on any atom is 0.325 e. The van der Waals surface area contributed by atoms with Gasteiger partial charge >= 0.3 is 23.9 Å². The van der Waals surface area contributed by atoms with Gasteiger partial charge in [0.1, 0.15) is 50.9 Å². The minimum absolute atomic E-state index is 0.0365. The van der Waals surface area contributed by atoms with Crippen molar-refractivity contribution in [2.24, 2.45) is 0 Å². The summed E-state index contributed by atoms with van der Waals surface area (Å²) in [5.74, 6) is -2.71. The monoisotopic (exact) mass is 955 g/mol. The Hall–Kier alpha value is -7.78. The normalized spacial score (nSPS) is 11.1. The van der Waals surface area contributed by atoms with E-state index in [0.717, 1.165) is 0 Å². The molecular formula is C46H45N5O14S2. The molecule has 0 unspecified atom stereocenters. The molecule has 4 aromatic carbocycles. The van der Waals surface area contributed by atoms with Crippen LogP contribution in [0.15, 0.2) is 105 Å². The zero-order chi connectivity index (χ0) is 48.4. The Labute approximate surface area is 389 Å². The van der Waals surface area contributed by atoms with Crippen molar-refractivity contribution in [3.63, 3.8) is 0 Å². The number of carbonyl (C=O) groups excluding carboxylic acids is 5. The number of methoxy groups -OCH3 is 4. The summed E-state index contributed by atoms with van der Waals surface area (Å²) in [5.41, 5.74) is 8.43. The van der Waals surface area contributed by atoms with E-state index in [9.17, 15) is 32.4 Å². The van der Waals surface area contributed by atoms with Crippen LogP contribution in [-0.4, -0.2) is 106 Å². The molecule has 1 aliphatic carbocycles. The van der Waals surface area contributed by atoms with Crippen LogP contribution < -0.4 is 35.1 Å². The number of nitrogens with one attached hydrogen (secondary N) is 2. The van der Waals surface area contributed by atoms with Gasteiger partial charge in [0.15, 0.2) is 22.5 Å². The van der Waals surface area contributed by atoms with Gasteiger partial charge in [-0.15, -0.1) is 12.6 Å². The standard InChI is InChI=1S/C46H45N5O14S2/c1-59-38(53)22-50(23-39(54)60-2)34-11-7-8-12-36(34)63-19-20-64-37-21-28(13-18-35(37)51(24-40(55)61-3)25-41(56)62-4)49-67(57,58)46-33(48)17-15-31-42(29-10-6-5-9-27(29)26-52)30-14-16-32(47)45(66)43(30)65-44(31)46/h5-18,21,26,48-49,66H,19-20,22-25,47H2,1-4H3. The first-order chi connectivity index (χ1) is 32.1. The number of nitrogen functional groups attached to an aromatic ring is 1. The van der Waals surface area contributed by atoms with Crippen molar-refractivity contribution in [2.45, 2.75) is 9.79 Å². The molecule has 0 amide bonds. The van der Waals surface area contributed by atoms with Crippen LogP contribution in [0.4, 0.5) is 22.7 Å². The van der Waals surface area contributed by atoms with Gasteiger partial charge in [-0.1, -0.05) is 36.4 Å². The summed E-state index contributed by atoms with van der Waals surface area (Å²) in [5, 5.41) is 8.92. The predicted molar refractivity (Wildman–Crippen MR) is 248 cm³/mol. The third-order valence-electron chi connectivity index (χ3n) is 10.2. The number of thiol groups is 1. The first-order valence-corrected chi connectivity index (χ1v) is 22.0. The fourth-order valence-electron chi connectivity index (χ4n) is 7.02. The molecule has 19 nitrogen and oxygen atoms in total. The number of benzene rings is 5. The molecule has 0 atom stereocenters. The predicted octanol–water partition coefficient (Wildman–Crippen LogP) is 4.93. The van der Waals surface area contributed by atoms with Crippen LogP contribution in [0.2, 0.25) is 0 Å². The smallest absolute Gasteiger partial charge is 0.325 e. The topological polar surface area (TPSA) is 256 Å². The highest BCUT2D eigenvalue weighted by atomic mass is 32.2. The molecule has 4 aromatic rings. The average Bonchev–Trinajstić information content (AvgIpc) is 3.32. The zero-order valence-corrected chi connectivity index (χ0v) is 38.2. The third kappa shape index (κ3) is 11.0. The summed E-state index contributed by atoms with van der Waals surface area (Å²) in [6.07, 6.45) is 0.675. The number of anilines is 4. The second-order valence-corrected chi connectivity index (χ2v) is 16.4. The lowest BCUT2D eigenvalue weighted by molar-refractivity contribution is -0.141. The van der Waals surface area contributed by atoms with Gasteiger partial charge in [-0.25, -0.2) is 8.42 Å². The zero-order valence-electron chi connectivity index (χ0n) is 36.5. The highest BCUT2D eigenvalue weighted by Crippen LogP contribution is 2.45. The molecular weight excluding hydrogens is 911 g/mol. The molecule has 67 heavy (non-hydrogen) atoms. The van der Waals surface area contributed by atoms with Crippen molar-refractivity contribution < 1.29 is 65.2 Å². The second-order valence-electron chi connectivity index (χ2n) is 14.4. The molecule has 0 spiro atoms. The highest BCUT2D eigenvalue weighted by molar-refractivity contribution is 7.92. The van der Waals surface area contributed by atoms with E-state index in [0.29, 0.717) is 34.1 Å². The number of para-hydroxylation sites is 2. The maximum absolute atomic E-state index is 14.6. The molecule has 0 saturated carbocycles. The molecule has 1 heterocycles. The van der Waals surface area contributed by atoms with Crippen molar-refractivity contribution in [1.29, 1.82) is 5.41 Å². The molecule has 2 aliphatic rings. The van der Waals surface area contributed by atoms with Crippen molar-refractivity contribution in [3.8, 4) is 33.9 Å². The van der Waals surface area contributed by atoms with Gasteiger partial charge in [0.05, 0.1) is 55.8 Å². The average molecular weight is 956 g/mol. The largest absolute Gasteiger partial charge is 0.488 e. The van der Waals surface area contributed by atoms with Gasteiger partial charge < -0.3 is 48.4 Å². The van der Waals surface area contributed by atoms with E-state index in [-0.39, 0.29) is 76.7 Å². The molecule has 0 fully saturated rings. The van der Waals surface area contributed by atoms with E-state index in [4.69, 9.17) is 44.0 Å². The molecule has 0 aromatic heterocycles. The number of nitrogens with two attached hydrogens (primary N) is 1. The van der Waals surface area contributed by atoms with E-state index < -0.39 is 57.2 Å². The first kappa shape index (κ1) is 48.7. The van der Waals surface area contributed by atoms with Crippen LogP contribution in [0.3, 0.4) is 0 Å². The molecule has 1 aliphatic heterocycles. The quantitative estimate of drug-likeness (QED) is 0.0150. The van der Waals surface area contributed by atoms with E-state index in [1.165, 1.54) is 68.6 Å². The van der Waals surface area contributed by atoms with E-state index in [1.54, 1.807) is 60.7 Å². The Kier molecular flexibility index (Phi) is 15.6. The van der Waals surface area contributed by atoms with Crippen molar-refractivity contribution in [3.05, 3.63) is 102 Å². The number of fused-ring (bicyclic) bond motifs is 2. The number of rotatable bonds is 20. The van der Waals surface area contributed by atoms with Crippen molar-refractivity contribution in [2.75, 3.05) is 88.1 Å². The summed E-state index contributed by atoms with van der Waals surface area (Å²) in [6, 6.07) is 23.5. The van der Waals surface area contributed by atoms with Gasteiger partial charge in [0.2, 0.25) is 0 Å². The van der Waals surface area contributed by atoms with E-state index in [2.05, 4.69) is 17.4 Å². The highest BCUT2D eigenvalue weighted by Gasteiger charge is 2.31. The van der Waals surface area contributed by atoms with Gasteiger partial charge in [-0.2, -0.15) is 0 Å². The lowest BCUT2D eigenvalue weighted by Gasteiger charge is -2.26. The number of nitrogens with zero attached hydrogens (tertiary/aromatic N) is 2. The number of esters is 4. The Morgan fingerprint density at radius 1 is 0.716 bits per heavy atom. The maximum atomic E-state index is 14.6. The molecule has 21 heteroatoms. The fraction of sp³-hybridized carbons (Fsp3) is 0.217.